The van der Waals surface area contributed by atoms with Crippen molar-refractivity contribution in [3.8, 4) is 0 Å². The Bertz CT molecular complexity index is 1110. The van der Waals surface area contributed by atoms with Crippen LogP contribution < -0.4 is 9.62 Å². The second-order valence-electron chi connectivity index (χ2n) is 8.29. The van der Waals surface area contributed by atoms with Gasteiger partial charge in [0.05, 0.1) is 23.2 Å². The molecular weight excluding hydrogens is 426 g/mol. The molecular formula is C24H31N3O4S. The number of rotatable bonds is 7. The number of carbonyl (C=O) groups excluding carboxylic acids is 2. The van der Waals surface area contributed by atoms with Crippen molar-refractivity contribution in [2.24, 2.45) is 0 Å². The summed E-state index contributed by atoms with van der Waals surface area (Å²) in [5.74, 6) is -0.599. The number of nitrogens with zero attached hydrogens (tertiary/aromatic N) is 2. The van der Waals surface area contributed by atoms with E-state index in [1.54, 1.807) is 48.2 Å². The predicted molar refractivity (Wildman–Crippen MR) is 128 cm³/mol. The van der Waals surface area contributed by atoms with Crippen LogP contribution in [0.4, 0.5) is 11.4 Å². The molecule has 0 aliphatic carbocycles. The van der Waals surface area contributed by atoms with Crippen LogP contribution in [0.2, 0.25) is 0 Å². The van der Waals surface area contributed by atoms with Crippen LogP contribution in [-0.4, -0.2) is 50.5 Å². The fraction of sp³-hybridized carbons (Fsp3) is 0.417. The molecule has 3 rings (SSSR count). The zero-order valence-corrected chi connectivity index (χ0v) is 19.9. The number of aryl methyl sites for hydroxylation is 2. The van der Waals surface area contributed by atoms with Crippen molar-refractivity contribution in [2.75, 3.05) is 29.0 Å². The van der Waals surface area contributed by atoms with Crippen LogP contribution in [0.1, 0.15) is 47.7 Å². The summed E-state index contributed by atoms with van der Waals surface area (Å²) >= 11 is 0. The average Bonchev–Trinajstić information content (AvgIpc) is 3.28. The zero-order valence-electron chi connectivity index (χ0n) is 19.1. The monoisotopic (exact) mass is 457 g/mol. The molecule has 2 aromatic carbocycles. The molecule has 1 atom stereocenters. The SMILES string of the molecule is CC[C@@H](C(=O)Nc1ccccc1C(=O)N1CCCC1)N(c1ccc(C)c(C)c1)S(C)(=O)=O. The van der Waals surface area contributed by atoms with Crippen LogP contribution in [0.15, 0.2) is 42.5 Å². The number of likely N-dealkylation sites (tertiary alicyclic amines) is 1. The second kappa shape index (κ2) is 9.73. The van der Waals surface area contributed by atoms with E-state index in [1.165, 1.54) is 4.31 Å². The summed E-state index contributed by atoms with van der Waals surface area (Å²) in [5.41, 5.74) is 3.22. The topological polar surface area (TPSA) is 86.8 Å². The summed E-state index contributed by atoms with van der Waals surface area (Å²) < 4.78 is 26.6. The molecule has 1 aliphatic heterocycles. The Morgan fingerprint density at radius 1 is 1.06 bits per heavy atom. The van der Waals surface area contributed by atoms with E-state index in [-0.39, 0.29) is 12.3 Å². The summed E-state index contributed by atoms with van der Waals surface area (Å²) in [6.07, 6.45) is 3.31. The van der Waals surface area contributed by atoms with Crippen LogP contribution in [0.5, 0.6) is 0 Å². The highest BCUT2D eigenvalue weighted by atomic mass is 32.2. The van der Waals surface area contributed by atoms with Crippen LogP contribution >= 0.6 is 0 Å². The number of nitrogens with one attached hydrogen (secondary N) is 1. The smallest absolute Gasteiger partial charge is 0.255 e. The third-order valence-electron chi connectivity index (χ3n) is 5.88. The molecule has 8 heteroatoms. The van der Waals surface area contributed by atoms with Crippen molar-refractivity contribution in [1.29, 1.82) is 0 Å². The number of sulfonamides is 1. The summed E-state index contributed by atoms with van der Waals surface area (Å²) in [6, 6.07) is 11.2. The minimum absolute atomic E-state index is 0.124. The second-order valence-corrected chi connectivity index (χ2v) is 10.1. The molecule has 172 valence electrons. The standard InChI is InChI=1S/C24H31N3O4S/c1-5-22(27(32(4,30)31)19-13-12-17(2)18(3)16-19)23(28)25-21-11-7-6-10-20(21)24(29)26-14-8-9-15-26/h6-7,10-13,16,22H,5,8-9,14-15H2,1-4H3,(H,25,28)/t22-/m0/s1. The van der Waals surface area contributed by atoms with Gasteiger partial charge in [-0.25, -0.2) is 8.42 Å². The largest absolute Gasteiger partial charge is 0.339 e. The Kier molecular flexibility index (Phi) is 7.23. The normalized spacial score (nSPS) is 14.8. The van der Waals surface area contributed by atoms with Crippen molar-refractivity contribution in [3.05, 3.63) is 59.2 Å². The van der Waals surface area contributed by atoms with Gasteiger partial charge in [-0.3, -0.25) is 13.9 Å². The van der Waals surface area contributed by atoms with E-state index in [0.29, 0.717) is 30.0 Å². The Morgan fingerprint density at radius 3 is 2.31 bits per heavy atom. The van der Waals surface area contributed by atoms with Gasteiger partial charge in [-0.15, -0.1) is 0 Å². The van der Waals surface area contributed by atoms with Gasteiger partial charge in [0.25, 0.3) is 5.91 Å². The van der Waals surface area contributed by atoms with Crippen LogP contribution in [0.3, 0.4) is 0 Å². The van der Waals surface area contributed by atoms with E-state index in [2.05, 4.69) is 5.32 Å². The van der Waals surface area contributed by atoms with Gasteiger partial charge in [0.15, 0.2) is 0 Å². The van der Waals surface area contributed by atoms with Gasteiger partial charge >= 0.3 is 0 Å². The average molecular weight is 458 g/mol. The Hall–Kier alpha value is -2.87. The minimum Gasteiger partial charge on any atom is -0.339 e. The molecule has 0 aromatic heterocycles. The minimum atomic E-state index is -3.74. The number of para-hydroxylation sites is 1. The molecule has 0 radical (unpaired) electrons. The number of hydrogen-bond donors (Lipinski definition) is 1. The first-order valence-corrected chi connectivity index (χ1v) is 12.7. The molecule has 1 aliphatic rings. The van der Waals surface area contributed by atoms with Gasteiger partial charge < -0.3 is 10.2 Å². The Morgan fingerprint density at radius 2 is 1.72 bits per heavy atom. The molecule has 0 unspecified atom stereocenters. The van der Waals surface area contributed by atoms with Crippen molar-refractivity contribution < 1.29 is 18.0 Å². The molecule has 1 heterocycles. The van der Waals surface area contributed by atoms with Crippen molar-refractivity contribution in [1.82, 2.24) is 4.90 Å². The highest BCUT2D eigenvalue weighted by Gasteiger charge is 2.32. The van der Waals surface area contributed by atoms with Gasteiger partial charge in [-0.2, -0.15) is 0 Å². The number of amides is 2. The maximum Gasteiger partial charge on any atom is 0.255 e. The third-order valence-corrected chi connectivity index (χ3v) is 7.06. The van der Waals surface area contributed by atoms with E-state index in [1.807, 2.05) is 19.9 Å². The lowest BCUT2D eigenvalue weighted by molar-refractivity contribution is -0.117. The Balaban J connectivity index is 1.92. The van der Waals surface area contributed by atoms with Crippen LogP contribution in [0.25, 0.3) is 0 Å². The highest BCUT2D eigenvalue weighted by Crippen LogP contribution is 2.27. The van der Waals surface area contributed by atoms with Crippen molar-refractivity contribution >= 4 is 33.2 Å². The number of benzene rings is 2. The molecule has 32 heavy (non-hydrogen) atoms. The summed E-state index contributed by atoms with van der Waals surface area (Å²) in [4.78, 5) is 28.0. The molecule has 0 bridgehead atoms. The molecule has 7 nitrogen and oxygen atoms in total. The first-order chi connectivity index (χ1) is 15.1. The molecule has 1 N–H and O–H groups in total. The van der Waals surface area contributed by atoms with E-state index < -0.39 is 22.0 Å². The summed E-state index contributed by atoms with van der Waals surface area (Å²) in [6.45, 7) is 7.02. The van der Waals surface area contributed by atoms with Gasteiger partial charge in [0.1, 0.15) is 6.04 Å². The number of hydrogen-bond acceptors (Lipinski definition) is 4. The Labute approximate surface area is 190 Å². The van der Waals surface area contributed by atoms with Gasteiger partial charge in [0.2, 0.25) is 15.9 Å². The summed E-state index contributed by atoms with van der Waals surface area (Å²) in [7, 11) is -3.74. The first-order valence-electron chi connectivity index (χ1n) is 10.9. The van der Waals surface area contributed by atoms with Crippen molar-refractivity contribution in [3.63, 3.8) is 0 Å². The predicted octanol–water partition coefficient (Wildman–Crippen LogP) is 3.72. The number of carbonyl (C=O) groups is 2. The maximum absolute atomic E-state index is 13.3. The molecule has 0 spiro atoms. The fourth-order valence-corrected chi connectivity index (χ4v) is 5.21. The molecule has 2 amide bonds. The zero-order chi connectivity index (χ0) is 23.5. The third kappa shape index (κ3) is 5.12. The summed E-state index contributed by atoms with van der Waals surface area (Å²) in [5, 5.41) is 2.82. The first kappa shape index (κ1) is 23.8. The molecule has 1 fully saturated rings. The highest BCUT2D eigenvalue weighted by molar-refractivity contribution is 7.92. The van der Waals surface area contributed by atoms with Crippen LogP contribution in [-0.2, 0) is 14.8 Å². The van der Waals surface area contributed by atoms with Gasteiger partial charge in [-0.1, -0.05) is 25.1 Å². The van der Waals surface area contributed by atoms with E-state index >= 15 is 0 Å². The molecule has 2 aromatic rings. The fourth-order valence-electron chi connectivity index (χ4n) is 4.01. The molecule has 1 saturated heterocycles. The van der Waals surface area contributed by atoms with Gasteiger partial charge in [-0.05, 0) is 68.5 Å². The van der Waals surface area contributed by atoms with Crippen molar-refractivity contribution in [2.45, 2.75) is 46.1 Å². The quantitative estimate of drug-likeness (QED) is 0.686. The van der Waals surface area contributed by atoms with Gasteiger partial charge in [0, 0.05) is 13.1 Å². The van der Waals surface area contributed by atoms with E-state index in [4.69, 9.17) is 0 Å². The lowest BCUT2D eigenvalue weighted by Crippen LogP contribution is -2.47. The maximum atomic E-state index is 13.3. The molecule has 0 saturated carbocycles. The van der Waals surface area contributed by atoms with Crippen LogP contribution in [0, 0.1) is 13.8 Å². The van der Waals surface area contributed by atoms with E-state index in [9.17, 15) is 18.0 Å². The number of anilines is 2. The lowest BCUT2D eigenvalue weighted by Gasteiger charge is -2.30. The van der Waals surface area contributed by atoms with E-state index in [0.717, 1.165) is 30.2 Å². The lowest BCUT2D eigenvalue weighted by atomic mass is 10.1.